The number of thioether (sulfide) groups is 1. The lowest BCUT2D eigenvalue weighted by molar-refractivity contribution is 0.0587. The van der Waals surface area contributed by atoms with Gasteiger partial charge in [-0.3, -0.25) is 0 Å². The number of aromatic nitrogens is 2. The van der Waals surface area contributed by atoms with Crippen LogP contribution in [0, 0.1) is 0 Å². The van der Waals surface area contributed by atoms with E-state index in [0.29, 0.717) is 18.1 Å². The summed E-state index contributed by atoms with van der Waals surface area (Å²) >= 11 is 1.56. The van der Waals surface area contributed by atoms with Gasteiger partial charge in [-0.15, -0.1) is 0 Å². The fraction of sp³-hybridized carbons (Fsp3) is 0.545. The zero-order valence-electron chi connectivity index (χ0n) is 10.6. The monoisotopic (exact) mass is 271 g/mol. The summed E-state index contributed by atoms with van der Waals surface area (Å²) in [4.78, 5) is 19.0. The third-order valence-electron chi connectivity index (χ3n) is 2.13. The summed E-state index contributed by atoms with van der Waals surface area (Å²) in [5.41, 5.74) is -0.838. The number of esters is 1. The number of methoxy groups -OCH3 is 1. The molecule has 1 atom stereocenters. The van der Waals surface area contributed by atoms with Crippen LogP contribution in [0.25, 0.3) is 0 Å². The summed E-state index contributed by atoms with van der Waals surface area (Å²) in [7, 11) is 1.27. The van der Waals surface area contributed by atoms with E-state index in [-0.39, 0.29) is 5.82 Å². The topological polar surface area (TPSA) is 84.3 Å². The lowest BCUT2D eigenvalue weighted by atomic mass is 10.1. The first-order valence-corrected chi connectivity index (χ1v) is 6.74. The van der Waals surface area contributed by atoms with Gasteiger partial charge in [-0.2, -0.15) is 11.8 Å². The van der Waals surface area contributed by atoms with Crippen LogP contribution in [0.5, 0.6) is 0 Å². The van der Waals surface area contributed by atoms with Gasteiger partial charge in [0.1, 0.15) is 5.82 Å². The van der Waals surface area contributed by atoms with Crippen molar-refractivity contribution in [3.63, 3.8) is 0 Å². The quantitative estimate of drug-likeness (QED) is 0.740. The van der Waals surface area contributed by atoms with Crippen molar-refractivity contribution in [2.75, 3.05) is 31.0 Å². The minimum Gasteiger partial charge on any atom is -0.463 e. The van der Waals surface area contributed by atoms with Gasteiger partial charge in [0, 0.05) is 18.5 Å². The number of carbonyl (C=O) groups is 1. The van der Waals surface area contributed by atoms with Gasteiger partial charge < -0.3 is 15.2 Å². The van der Waals surface area contributed by atoms with Crippen LogP contribution in [0.1, 0.15) is 17.5 Å². The Balaban J connectivity index is 2.65. The molecule has 0 saturated carbocycles. The number of anilines is 1. The molecule has 0 aromatic carbocycles. The van der Waals surface area contributed by atoms with E-state index >= 15 is 0 Å². The second-order valence-electron chi connectivity index (χ2n) is 4.04. The van der Waals surface area contributed by atoms with Crippen LogP contribution in [-0.4, -0.2) is 52.3 Å². The molecule has 1 rings (SSSR count). The van der Waals surface area contributed by atoms with E-state index in [0.717, 1.165) is 0 Å². The fourth-order valence-electron chi connectivity index (χ4n) is 1.29. The largest absolute Gasteiger partial charge is 0.463 e. The molecule has 6 nitrogen and oxygen atoms in total. The van der Waals surface area contributed by atoms with E-state index in [4.69, 9.17) is 0 Å². The molecule has 0 bridgehead atoms. The number of hydrogen-bond acceptors (Lipinski definition) is 7. The maximum absolute atomic E-state index is 11.2. The Labute approximate surface area is 110 Å². The van der Waals surface area contributed by atoms with Gasteiger partial charge in [-0.1, -0.05) is 0 Å². The van der Waals surface area contributed by atoms with Crippen molar-refractivity contribution >= 4 is 23.5 Å². The van der Waals surface area contributed by atoms with Crippen molar-refractivity contribution in [1.82, 2.24) is 9.97 Å². The summed E-state index contributed by atoms with van der Waals surface area (Å²) < 4.78 is 4.53. The molecule has 1 heterocycles. The second kappa shape index (κ2) is 6.55. The van der Waals surface area contributed by atoms with Gasteiger partial charge in [0.15, 0.2) is 0 Å². The molecule has 0 spiro atoms. The summed E-state index contributed by atoms with van der Waals surface area (Å²) in [5, 5.41) is 12.9. The second-order valence-corrected chi connectivity index (χ2v) is 4.91. The molecular formula is C11H17N3O3S. The summed E-state index contributed by atoms with van der Waals surface area (Å²) in [6.45, 7) is 2.07. The van der Waals surface area contributed by atoms with Crippen LogP contribution in [0.2, 0.25) is 0 Å². The van der Waals surface area contributed by atoms with Crippen LogP contribution in [0.3, 0.4) is 0 Å². The first-order chi connectivity index (χ1) is 8.48. The van der Waals surface area contributed by atoms with Crippen LogP contribution < -0.4 is 5.32 Å². The van der Waals surface area contributed by atoms with Crippen molar-refractivity contribution < 1.29 is 14.6 Å². The molecule has 0 aliphatic carbocycles. The van der Waals surface area contributed by atoms with Gasteiger partial charge in [0.25, 0.3) is 0 Å². The normalized spacial score (nSPS) is 13.8. The van der Waals surface area contributed by atoms with E-state index < -0.39 is 11.6 Å². The van der Waals surface area contributed by atoms with Gasteiger partial charge in [-0.05, 0) is 19.2 Å². The van der Waals surface area contributed by atoms with E-state index in [1.807, 2.05) is 6.26 Å². The zero-order valence-corrected chi connectivity index (χ0v) is 11.5. The van der Waals surface area contributed by atoms with E-state index in [9.17, 15) is 9.90 Å². The van der Waals surface area contributed by atoms with Crippen LogP contribution >= 0.6 is 11.8 Å². The van der Waals surface area contributed by atoms with E-state index in [2.05, 4.69) is 20.0 Å². The molecule has 0 amide bonds. The highest BCUT2D eigenvalue weighted by Gasteiger charge is 2.19. The Morgan fingerprint density at radius 2 is 2.39 bits per heavy atom. The highest BCUT2D eigenvalue weighted by molar-refractivity contribution is 7.98. The molecule has 18 heavy (non-hydrogen) atoms. The molecule has 7 heteroatoms. The average molecular weight is 271 g/mol. The maximum Gasteiger partial charge on any atom is 0.376 e. The van der Waals surface area contributed by atoms with Crippen LogP contribution in [-0.2, 0) is 4.74 Å². The lowest BCUT2D eigenvalue weighted by Gasteiger charge is -2.22. The smallest absolute Gasteiger partial charge is 0.376 e. The molecule has 0 fully saturated rings. The molecule has 1 aromatic heterocycles. The molecule has 100 valence electrons. The van der Waals surface area contributed by atoms with Crippen molar-refractivity contribution in [1.29, 1.82) is 0 Å². The van der Waals surface area contributed by atoms with Gasteiger partial charge in [0.2, 0.25) is 5.82 Å². The number of ether oxygens (including phenoxy) is 1. The summed E-state index contributed by atoms with van der Waals surface area (Å²) in [5.74, 6) is 0.489. The molecule has 0 aliphatic heterocycles. The van der Waals surface area contributed by atoms with Crippen LogP contribution in [0.4, 0.5) is 5.82 Å². The Morgan fingerprint density at radius 3 is 3.00 bits per heavy atom. The minimum atomic E-state index is -0.838. The van der Waals surface area contributed by atoms with Crippen LogP contribution in [0.15, 0.2) is 12.3 Å². The molecule has 1 aromatic rings. The number of aliphatic hydroxyl groups is 1. The van der Waals surface area contributed by atoms with Crippen molar-refractivity contribution in [3.05, 3.63) is 18.1 Å². The Morgan fingerprint density at radius 1 is 1.67 bits per heavy atom. The number of carbonyl (C=O) groups excluding carboxylic acids is 1. The molecule has 0 radical (unpaired) electrons. The molecular weight excluding hydrogens is 254 g/mol. The average Bonchev–Trinajstić information content (AvgIpc) is 2.36. The highest BCUT2D eigenvalue weighted by atomic mass is 32.2. The van der Waals surface area contributed by atoms with Crippen molar-refractivity contribution in [2.24, 2.45) is 0 Å². The maximum atomic E-state index is 11.2. The number of nitrogens with one attached hydrogen (secondary N) is 1. The standard InChI is InChI=1S/C11H17N3O3S/c1-11(16,7-18-3)6-13-8-4-5-12-9(14-8)10(15)17-2/h4-5,16H,6-7H2,1-3H3,(H,12,13,14). The van der Waals surface area contributed by atoms with E-state index in [1.165, 1.54) is 13.3 Å². The Bertz CT molecular complexity index is 412. The predicted octanol–water partition coefficient (Wildman–Crippen LogP) is 0.789. The number of rotatable bonds is 6. The number of hydrogen-bond donors (Lipinski definition) is 2. The Kier molecular flexibility index (Phi) is 5.36. The fourth-order valence-corrected chi connectivity index (χ4v) is 2.01. The summed E-state index contributed by atoms with van der Waals surface area (Å²) in [6.07, 6.45) is 3.39. The van der Waals surface area contributed by atoms with Gasteiger partial charge in [-0.25, -0.2) is 14.8 Å². The SMILES string of the molecule is COC(=O)c1nccc(NCC(C)(O)CSC)n1. The third-order valence-corrected chi connectivity index (χ3v) is 3.04. The van der Waals surface area contributed by atoms with Gasteiger partial charge in [0.05, 0.1) is 12.7 Å². The Hall–Kier alpha value is -1.34. The van der Waals surface area contributed by atoms with Crippen molar-refractivity contribution in [2.45, 2.75) is 12.5 Å². The third kappa shape index (κ3) is 4.50. The predicted molar refractivity (Wildman–Crippen MR) is 70.9 cm³/mol. The molecule has 0 saturated heterocycles. The van der Waals surface area contributed by atoms with Gasteiger partial charge >= 0.3 is 5.97 Å². The lowest BCUT2D eigenvalue weighted by Crippen LogP contribution is -2.36. The molecule has 2 N–H and O–H groups in total. The van der Waals surface area contributed by atoms with Crippen molar-refractivity contribution in [3.8, 4) is 0 Å². The zero-order chi connectivity index (χ0) is 13.6. The summed E-state index contributed by atoms with van der Waals surface area (Å²) in [6, 6.07) is 1.63. The minimum absolute atomic E-state index is 0.00740. The van der Waals surface area contributed by atoms with E-state index in [1.54, 1.807) is 24.8 Å². The molecule has 1 unspecified atom stereocenters. The first kappa shape index (κ1) is 14.7. The molecule has 0 aliphatic rings. The highest BCUT2D eigenvalue weighted by Crippen LogP contribution is 2.12. The first-order valence-electron chi connectivity index (χ1n) is 5.35. The number of nitrogens with zero attached hydrogens (tertiary/aromatic N) is 2.